The van der Waals surface area contributed by atoms with Gasteiger partial charge in [-0.3, -0.25) is 0 Å². The van der Waals surface area contributed by atoms with E-state index in [0.29, 0.717) is 23.6 Å². The Morgan fingerprint density at radius 2 is 2.14 bits per heavy atom. The zero-order valence-corrected chi connectivity index (χ0v) is 12.6. The summed E-state index contributed by atoms with van der Waals surface area (Å²) < 4.78 is 10.5. The van der Waals surface area contributed by atoms with E-state index in [0.717, 1.165) is 12.8 Å². The second-order valence-corrected chi connectivity index (χ2v) is 5.72. The van der Waals surface area contributed by atoms with Gasteiger partial charge >= 0.3 is 5.97 Å². The number of hydrogen-bond donors (Lipinski definition) is 1. The van der Waals surface area contributed by atoms with Crippen LogP contribution in [-0.4, -0.2) is 23.3 Å². The number of benzene rings is 1. The highest BCUT2D eigenvalue weighted by molar-refractivity contribution is 5.90. The lowest BCUT2D eigenvalue weighted by Gasteiger charge is -2.15. The molecule has 22 heavy (non-hydrogen) atoms. The second-order valence-electron chi connectivity index (χ2n) is 5.72. The molecule has 1 heterocycles. The van der Waals surface area contributed by atoms with Crippen LogP contribution in [0.2, 0.25) is 0 Å². The van der Waals surface area contributed by atoms with Crippen LogP contribution in [0.3, 0.4) is 0 Å². The first-order valence-corrected chi connectivity index (χ1v) is 7.63. The minimum absolute atomic E-state index is 0.140. The molecule has 2 N–H and O–H groups in total. The van der Waals surface area contributed by atoms with Crippen LogP contribution in [0.15, 0.2) is 41.1 Å². The molecule has 116 valence electrons. The van der Waals surface area contributed by atoms with E-state index < -0.39 is 5.97 Å². The van der Waals surface area contributed by atoms with Gasteiger partial charge in [0, 0.05) is 6.04 Å². The summed E-state index contributed by atoms with van der Waals surface area (Å²) in [6.07, 6.45) is 3.29. The number of ether oxygens (including phenoxy) is 1. The molecule has 5 nitrogen and oxygen atoms in total. The summed E-state index contributed by atoms with van der Waals surface area (Å²) in [5, 5.41) is 3.80. The molecule has 0 amide bonds. The van der Waals surface area contributed by atoms with Crippen molar-refractivity contribution in [1.82, 2.24) is 5.16 Å². The van der Waals surface area contributed by atoms with Gasteiger partial charge in [0.05, 0.1) is 5.69 Å². The van der Waals surface area contributed by atoms with Gasteiger partial charge in [0.15, 0.2) is 0 Å². The summed E-state index contributed by atoms with van der Waals surface area (Å²) in [6.45, 7) is 1.92. The molecule has 0 saturated heterocycles. The minimum atomic E-state index is -0.396. The van der Waals surface area contributed by atoms with E-state index in [1.54, 1.807) is 0 Å². The molecule has 1 aromatic heterocycles. The summed E-state index contributed by atoms with van der Waals surface area (Å²) in [6, 6.07) is 10.1. The third kappa shape index (κ3) is 2.90. The number of nitrogens with zero attached hydrogens (tertiary/aromatic N) is 1. The molecular formula is C17H20N2O3. The third-order valence-electron chi connectivity index (χ3n) is 4.28. The molecule has 1 aromatic carbocycles. The summed E-state index contributed by atoms with van der Waals surface area (Å²) in [5.74, 6) is -0.0608. The maximum atomic E-state index is 12.3. The lowest BCUT2D eigenvalue weighted by molar-refractivity contribution is 0.0279. The number of nitrogens with two attached hydrogens (primary N) is 1. The van der Waals surface area contributed by atoms with E-state index in [2.05, 4.69) is 17.3 Å². The average molecular weight is 300 g/mol. The molecule has 1 fully saturated rings. The van der Waals surface area contributed by atoms with Crippen LogP contribution >= 0.6 is 0 Å². The normalized spacial score (nSPS) is 24.4. The Morgan fingerprint density at radius 3 is 2.86 bits per heavy atom. The molecule has 0 spiro atoms. The molecule has 1 saturated carbocycles. The van der Waals surface area contributed by atoms with Crippen molar-refractivity contribution in [2.75, 3.05) is 0 Å². The number of carbonyl (C=O) groups excluding carboxylic acids is 1. The van der Waals surface area contributed by atoms with Gasteiger partial charge in [0.25, 0.3) is 0 Å². The molecule has 5 heteroatoms. The summed E-state index contributed by atoms with van der Waals surface area (Å²) in [5.41, 5.74) is 8.43. The van der Waals surface area contributed by atoms with Crippen molar-refractivity contribution >= 4 is 5.97 Å². The van der Waals surface area contributed by atoms with Gasteiger partial charge in [-0.2, -0.15) is 0 Å². The highest BCUT2D eigenvalue weighted by Crippen LogP contribution is 2.35. The second kappa shape index (κ2) is 6.32. The van der Waals surface area contributed by atoms with Gasteiger partial charge in [-0.05, 0) is 30.7 Å². The molecule has 0 radical (unpaired) electrons. The minimum Gasteiger partial charge on any atom is -0.457 e. The summed E-state index contributed by atoms with van der Waals surface area (Å²) >= 11 is 0. The van der Waals surface area contributed by atoms with Crippen LogP contribution < -0.4 is 5.73 Å². The predicted molar refractivity (Wildman–Crippen MR) is 81.5 cm³/mol. The number of rotatable bonds is 4. The van der Waals surface area contributed by atoms with Crippen molar-refractivity contribution in [2.24, 2.45) is 5.73 Å². The lowest BCUT2D eigenvalue weighted by atomic mass is 9.98. The maximum Gasteiger partial charge on any atom is 0.343 e. The molecule has 0 bridgehead atoms. The average Bonchev–Trinajstić information content (AvgIpc) is 3.15. The summed E-state index contributed by atoms with van der Waals surface area (Å²) in [7, 11) is 0. The van der Waals surface area contributed by atoms with Crippen LogP contribution in [-0.2, 0) is 11.2 Å². The Bertz CT molecular complexity index is 638. The van der Waals surface area contributed by atoms with Crippen LogP contribution in [0.4, 0.5) is 0 Å². The Kier molecular flexibility index (Phi) is 4.24. The van der Waals surface area contributed by atoms with Gasteiger partial charge < -0.3 is 15.0 Å². The smallest absolute Gasteiger partial charge is 0.343 e. The quantitative estimate of drug-likeness (QED) is 0.878. The molecule has 3 unspecified atom stereocenters. The van der Waals surface area contributed by atoms with Crippen LogP contribution in [0.5, 0.6) is 0 Å². The highest BCUT2D eigenvalue weighted by Gasteiger charge is 2.36. The Labute approximate surface area is 129 Å². The van der Waals surface area contributed by atoms with E-state index in [-0.39, 0.29) is 12.1 Å². The van der Waals surface area contributed by atoms with Crippen molar-refractivity contribution in [1.29, 1.82) is 0 Å². The Balaban J connectivity index is 1.67. The van der Waals surface area contributed by atoms with Crippen LogP contribution in [0, 0.1) is 0 Å². The van der Waals surface area contributed by atoms with Gasteiger partial charge in [-0.1, -0.05) is 42.4 Å². The first-order valence-electron chi connectivity index (χ1n) is 7.63. The molecule has 1 aliphatic rings. The number of aromatic nitrogens is 1. The third-order valence-corrected chi connectivity index (χ3v) is 4.28. The fourth-order valence-corrected chi connectivity index (χ4v) is 3.05. The zero-order valence-electron chi connectivity index (χ0n) is 12.6. The predicted octanol–water partition coefficient (Wildman–Crippen LogP) is 2.67. The molecule has 3 rings (SSSR count). The molecule has 0 aliphatic heterocycles. The number of hydrogen-bond acceptors (Lipinski definition) is 5. The topological polar surface area (TPSA) is 78.3 Å². The lowest BCUT2D eigenvalue weighted by Crippen LogP contribution is -2.33. The zero-order chi connectivity index (χ0) is 15.5. The van der Waals surface area contributed by atoms with Crippen molar-refractivity contribution < 1.29 is 14.1 Å². The van der Waals surface area contributed by atoms with E-state index in [9.17, 15) is 4.79 Å². The Morgan fingerprint density at radius 1 is 1.36 bits per heavy atom. The highest BCUT2D eigenvalue weighted by atomic mass is 16.5. The SMILES string of the molecule is CCc1nocc1C(=O)OC1CC(c2ccccc2)CC1N. The first-order chi connectivity index (χ1) is 10.7. The van der Waals surface area contributed by atoms with E-state index in [4.69, 9.17) is 15.0 Å². The summed E-state index contributed by atoms with van der Waals surface area (Å²) in [4.78, 5) is 12.3. The largest absolute Gasteiger partial charge is 0.457 e. The molecule has 3 atom stereocenters. The maximum absolute atomic E-state index is 12.3. The van der Waals surface area contributed by atoms with Crippen molar-refractivity contribution in [3.8, 4) is 0 Å². The van der Waals surface area contributed by atoms with E-state index in [1.165, 1.54) is 11.8 Å². The van der Waals surface area contributed by atoms with E-state index in [1.807, 2.05) is 25.1 Å². The van der Waals surface area contributed by atoms with Gasteiger partial charge in [-0.15, -0.1) is 0 Å². The van der Waals surface area contributed by atoms with Gasteiger partial charge in [0.2, 0.25) is 0 Å². The fraction of sp³-hybridized carbons (Fsp3) is 0.412. The van der Waals surface area contributed by atoms with Crippen molar-refractivity contribution in [3.05, 3.63) is 53.4 Å². The number of esters is 1. The van der Waals surface area contributed by atoms with Crippen molar-refractivity contribution in [2.45, 2.75) is 44.2 Å². The first kappa shape index (κ1) is 14.8. The standard InChI is InChI=1S/C17H20N2O3/c1-2-15-13(10-21-19-15)17(20)22-16-9-12(8-14(16)18)11-6-4-3-5-7-11/h3-7,10,12,14,16H,2,8-9,18H2,1H3. The number of aryl methyl sites for hydroxylation is 1. The van der Waals surface area contributed by atoms with Crippen LogP contribution in [0.1, 0.15) is 47.3 Å². The monoisotopic (exact) mass is 300 g/mol. The van der Waals surface area contributed by atoms with Gasteiger partial charge in [-0.25, -0.2) is 4.79 Å². The van der Waals surface area contributed by atoms with Gasteiger partial charge in [0.1, 0.15) is 17.9 Å². The van der Waals surface area contributed by atoms with Crippen LogP contribution in [0.25, 0.3) is 0 Å². The number of carbonyl (C=O) groups is 1. The Hall–Kier alpha value is -2.14. The van der Waals surface area contributed by atoms with Crippen molar-refractivity contribution in [3.63, 3.8) is 0 Å². The molecule has 2 aromatic rings. The molecular weight excluding hydrogens is 280 g/mol. The van der Waals surface area contributed by atoms with E-state index >= 15 is 0 Å². The molecule has 1 aliphatic carbocycles. The fourth-order valence-electron chi connectivity index (χ4n) is 3.05.